The van der Waals surface area contributed by atoms with Crippen LogP contribution in [0.15, 0.2) is 228 Å². The van der Waals surface area contributed by atoms with E-state index in [4.69, 9.17) is 25.0 Å². The Labute approximate surface area is 406 Å². The molecule has 11 aromatic rings. The number of furan rings is 1. The molecule has 2 aliphatic rings. The Kier molecular flexibility index (Phi) is 2.95. The van der Waals surface area contributed by atoms with Gasteiger partial charge < -0.3 is 9.32 Å². The molecule has 61 heavy (non-hydrogen) atoms. The highest BCUT2D eigenvalue weighted by atomic mass is 16.3. The molecule has 0 aliphatic heterocycles. The first kappa shape index (κ1) is 13.8. The number of benzene rings is 10. The molecule has 2 heteroatoms. The molecule has 284 valence electrons. The summed E-state index contributed by atoms with van der Waals surface area (Å²) in [5, 5.41) is -3.17. The number of anilines is 3. The molecule has 0 atom stereocenters. The lowest BCUT2D eigenvalue weighted by molar-refractivity contribution is 0.669. The highest BCUT2D eigenvalue weighted by Gasteiger charge is 2.51. The van der Waals surface area contributed by atoms with E-state index in [1.54, 1.807) is 0 Å². The number of para-hydroxylation sites is 1. The van der Waals surface area contributed by atoms with Gasteiger partial charge in [-0.3, -0.25) is 0 Å². The van der Waals surface area contributed by atoms with Gasteiger partial charge in [-0.1, -0.05) is 187 Å². The lowest BCUT2D eigenvalue weighted by atomic mass is 9.70. The molecule has 0 bridgehead atoms. The molecule has 2 aliphatic carbocycles. The van der Waals surface area contributed by atoms with Crippen LogP contribution in [0.1, 0.15) is 73.0 Å². The fraction of sp³-hybridized carbons (Fsp3) is 0.0169. The van der Waals surface area contributed by atoms with E-state index < -0.39 is 346 Å². The van der Waals surface area contributed by atoms with Crippen molar-refractivity contribution in [2.24, 2.45) is 0 Å². The number of rotatable bonds is 5. The van der Waals surface area contributed by atoms with Crippen molar-refractivity contribution in [3.05, 3.63) is 246 Å². The summed E-state index contributed by atoms with van der Waals surface area (Å²) >= 11 is 0. The highest BCUT2D eigenvalue weighted by molar-refractivity contribution is 6.23. The van der Waals surface area contributed by atoms with Gasteiger partial charge >= 0.3 is 0 Å². The summed E-state index contributed by atoms with van der Waals surface area (Å²) in [5.41, 5.74) is -20.5. The van der Waals surface area contributed by atoms with Crippen LogP contribution in [0.25, 0.3) is 77.2 Å². The SMILES string of the molecule is [2H]c1c([2H])c([2H])c(-c2c([2H])c([2H])c(N(c3c([2H])c([2H])c4c(c3[2H])C3(c5c([2H])c([2H])c([2H])c([2H])c5-c5c([2H])c([2H])c([2H])c([2H])c53)c3c([2H])c([2H])c([2H])c([2H])c3-4)c3c([2H])c4c([2H])c([2H])c([2H])c([2H])c4c4c3oc3c([2H])c([2H])c([2H])c([2H])c34)c(-c3c([2H])c([2H])c([2H])c([2H])c3[2H])c2[2H])c([2H])c1[2H]. The highest BCUT2D eigenvalue weighted by Crippen LogP contribution is 2.63. The topological polar surface area (TPSA) is 16.4 Å². The molecule has 0 saturated carbocycles. The average Bonchev–Trinajstić information content (AvgIpc) is 1.47. The summed E-state index contributed by atoms with van der Waals surface area (Å²) in [4.78, 5) is 0.316. The van der Waals surface area contributed by atoms with Crippen molar-refractivity contribution >= 4 is 49.8 Å². The van der Waals surface area contributed by atoms with Crippen LogP contribution in [0.5, 0.6) is 0 Å². The zero-order valence-electron chi connectivity index (χ0n) is 67.4. The van der Waals surface area contributed by atoms with Gasteiger partial charge in [0.05, 0.1) is 67.5 Å². The zero-order chi connectivity index (χ0) is 72.3. The van der Waals surface area contributed by atoms with Gasteiger partial charge in [-0.2, -0.15) is 0 Å². The molecule has 0 fully saturated rings. The first-order chi connectivity index (χ1) is 45.7. The summed E-state index contributed by atoms with van der Waals surface area (Å²) < 4.78 is 354. The van der Waals surface area contributed by atoms with Crippen LogP contribution < -0.4 is 4.90 Å². The summed E-state index contributed by atoms with van der Waals surface area (Å²) in [5.74, 6) is 0. The molecule has 0 N–H and O–H groups in total. The predicted octanol–water partition coefficient (Wildman–Crippen LogP) is 15.9. The lowest BCUT2D eigenvalue weighted by Crippen LogP contribution is -2.26. The molecule has 13 rings (SSSR count). The van der Waals surface area contributed by atoms with E-state index in [-0.39, 0.29) is 0 Å². The van der Waals surface area contributed by atoms with Crippen LogP contribution in [0.2, 0.25) is 0 Å². The molecule has 2 nitrogen and oxygen atoms in total. The van der Waals surface area contributed by atoms with Crippen molar-refractivity contribution in [1.82, 2.24) is 0 Å². The van der Waals surface area contributed by atoms with Crippen LogP contribution in [-0.4, -0.2) is 0 Å². The van der Waals surface area contributed by atoms with Gasteiger partial charge in [-0.25, -0.2) is 0 Å². The van der Waals surface area contributed by atoms with Gasteiger partial charge in [0.2, 0.25) is 0 Å². The third-order valence-corrected chi connectivity index (χ3v) is 10.6. The van der Waals surface area contributed by atoms with E-state index in [1.807, 2.05) is 0 Å². The van der Waals surface area contributed by atoms with Crippen molar-refractivity contribution in [2.45, 2.75) is 5.41 Å². The number of fused-ring (bicyclic) bond motifs is 15. The summed E-state index contributed by atoms with van der Waals surface area (Å²) in [7, 11) is 0. The Balaban J connectivity index is 1.40. The van der Waals surface area contributed by atoms with E-state index in [2.05, 4.69) is 0 Å². The Bertz CT molecular complexity index is 5580. The summed E-state index contributed by atoms with van der Waals surface area (Å²) in [6.07, 6.45) is 0. The van der Waals surface area contributed by atoms with Crippen molar-refractivity contribution in [2.75, 3.05) is 4.90 Å². The number of hydrogen-bond acceptors (Lipinski definition) is 2. The second-order valence-corrected chi connectivity index (χ2v) is 13.5. The second-order valence-electron chi connectivity index (χ2n) is 13.5. The fourth-order valence-electron chi connectivity index (χ4n) is 8.18. The fourth-order valence-corrected chi connectivity index (χ4v) is 8.18. The van der Waals surface area contributed by atoms with Crippen LogP contribution in [-0.2, 0) is 5.41 Å². The molecular formula is C59H37NO. The molecule has 0 radical (unpaired) electrons. The van der Waals surface area contributed by atoms with Crippen LogP contribution in [0.4, 0.5) is 17.1 Å². The minimum absolute atomic E-state index is 0.316. The Morgan fingerprint density at radius 3 is 1.62 bits per heavy atom. The summed E-state index contributed by atoms with van der Waals surface area (Å²) in [6, 6.07) is -42.7. The van der Waals surface area contributed by atoms with Crippen LogP contribution >= 0.6 is 0 Å². The Hall–Kier alpha value is -7.94. The minimum atomic E-state index is -3.19. The van der Waals surface area contributed by atoms with E-state index in [1.165, 1.54) is 0 Å². The van der Waals surface area contributed by atoms with Gasteiger partial charge in [0.15, 0.2) is 5.58 Å². The first-order valence-electron chi connectivity index (χ1n) is 36.6. The Morgan fingerprint density at radius 2 is 0.934 bits per heavy atom. The van der Waals surface area contributed by atoms with Crippen LogP contribution in [0.3, 0.4) is 0 Å². The lowest BCUT2D eigenvalue weighted by Gasteiger charge is -2.33. The quantitative estimate of drug-likeness (QED) is 0.172. The molecular weight excluding hydrogens is 739 g/mol. The Morgan fingerprint density at radius 1 is 0.377 bits per heavy atom. The third-order valence-electron chi connectivity index (χ3n) is 10.6. The summed E-state index contributed by atoms with van der Waals surface area (Å²) in [6.45, 7) is 0. The predicted molar refractivity (Wildman–Crippen MR) is 253 cm³/mol. The second kappa shape index (κ2) is 13.0. The largest absolute Gasteiger partial charge is 0.454 e. The van der Waals surface area contributed by atoms with E-state index in [9.17, 15) is 30.2 Å². The molecule has 1 heterocycles. The van der Waals surface area contributed by atoms with Crippen LogP contribution in [0, 0.1) is 0 Å². The van der Waals surface area contributed by atoms with E-state index >= 15 is 0 Å². The molecule has 1 spiro atoms. The normalized spacial score (nSPS) is 21.5. The zero-order valence-corrected chi connectivity index (χ0v) is 30.4. The van der Waals surface area contributed by atoms with Gasteiger partial charge in [-0.15, -0.1) is 0 Å². The van der Waals surface area contributed by atoms with Crippen molar-refractivity contribution in [3.8, 4) is 44.5 Å². The van der Waals surface area contributed by atoms with Crippen molar-refractivity contribution < 1.29 is 55.1 Å². The van der Waals surface area contributed by atoms with Gasteiger partial charge in [-0.05, 0) is 108 Å². The number of nitrogens with zero attached hydrogens (tertiary/aromatic N) is 1. The number of hydrogen-bond donors (Lipinski definition) is 0. The maximum atomic E-state index is 11.1. The van der Waals surface area contributed by atoms with Crippen molar-refractivity contribution in [3.63, 3.8) is 0 Å². The average molecular weight is 813 g/mol. The first-order valence-corrected chi connectivity index (χ1v) is 18.1. The van der Waals surface area contributed by atoms with E-state index in [0.717, 1.165) is 0 Å². The molecule has 0 saturated heterocycles. The van der Waals surface area contributed by atoms with Crippen molar-refractivity contribution in [1.29, 1.82) is 0 Å². The molecule has 10 aromatic carbocycles. The molecule has 0 amide bonds. The standard InChI is InChI=1S/C59H37NO/c1-3-17-38(18-4-1)40-31-34-54(49(35-40)39-19-5-2-6-20-39)60(55-36-41-21-7-8-22-43(41)57-48-26-12-16-30-56(48)61-58(55)57)42-32-33-47-46-25-11-15-29-52(46)59(53(47)37-42)50-27-13-9-23-44(50)45-24-10-14-28-51(45)59/h1-37H/i1D,2D,3D,4D,5D,6D,7D,8D,9D,10D,11D,12D,13D,14D,15D,16D,17D,18D,19D,20D,21D,22D,23D,24D,25D,26D,27D,28D,29D,30D,31D,32D,33D,34D,35D,36D,37D. The molecule has 1 aromatic heterocycles. The van der Waals surface area contributed by atoms with Gasteiger partial charge in [0.1, 0.15) is 5.58 Å². The maximum absolute atomic E-state index is 11.1. The molecule has 0 unspecified atom stereocenters. The minimum Gasteiger partial charge on any atom is -0.454 e. The van der Waals surface area contributed by atoms with Gasteiger partial charge in [0.25, 0.3) is 0 Å². The van der Waals surface area contributed by atoms with Gasteiger partial charge in [0, 0.05) is 22.0 Å². The maximum Gasteiger partial charge on any atom is 0.160 e. The smallest absolute Gasteiger partial charge is 0.160 e. The van der Waals surface area contributed by atoms with E-state index in [0.29, 0.717) is 4.90 Å². The third kappa shape index (κ3) is 4.79. The monoisotopic (exact) mass is 813 g/mol.